The molecule has 1 aromatic carbocycles. The summed E-state index contributed by atoms with van der Waals surface area (Å²) in [5.74, 6) is -0.136. The molecular weight excluding hydrogens is 260 g/mol. The third-order valence-corrected chi connectivity index (χ3v) is 5.46. The fraction of sp³-hybridized carbons (Fsp3) is 0.579. The lowest BCUT2D eigenvalue weighted by atomic mass is 9.71. The van der Waals surface area contributed by atoms with Gasteiger partial charge in [-0.1, -0.05) is 37.0 Å². The second-order valence-corrected chi connectivity index (χ2v) is 7.09. The van der Waals surface area contributed by atoms with Crippen molar-refractivity contribution in [3.05, 3.63) is 34.4 Å². The minimum absolute atomic E-state index is 0.150. The van der Waals surface area contributed by atoms with Gasteiger partial charge in [0, 0.05) is 11.8 Å². The fourth-order valence-corrected chi connectivity index (χ4v) is 4.57. The summed E-state index contributed by atoms with van der Waals surface area (Å²) in [6.07, 6.45) is 5.70. The van der Waals surface area contributed by atoms with Crippen molar-refractivity contribution in [2.24, 2.45) is 5.41 Å². The smallest absolute Gasteiger partial charge is 0.154 e. The first-order valence-corrected chi connectivity index (χ1v) is 8.09. The summed E-state index contributed by atoms with van der Waals surface area (Å²) in [5.41, 5.74) is 4.03. The van der Waals surface area contributed by atoms with Gasteiger partial charge in [0.15, 0.2) is 5.78 Å². The van der Waals surface area contributed by atoms with Crippen molar-refractivity contribution in [1.29, 1.82) is 0 Å². The standard InChI is InChI=1S/C19H24O2/c1-12-9-13(2)16(14(3)10-12)17-15(20)11-19(18(17)21)7-5-4-6-8-19/h9-10,17H,4-8,11H2,1-3H3. The first-order valence-electron chi connectivity index (χ1n) is 8.09. The monoisotopic (exact) mass is 284 g/mol. The zero-order valence-electron chi connectivity index (χ0n) is 13.3. The van der Waals surface area contributed by atoms with Crippen molar-refractivity contribution in [3.63, 3.8) is 0 Å². The van der Waals surface area contributed by atoms with Gasteiger partial charge in [0.2, 0.25) is 0 Å². The van der Waals surface area contributed by atoms with Crippen molar-refractivity contribution in [2.75, 3.05) is 0 Å². The molecule has 1 unspecified atom stereocenters. The summed E-state index contributed by atoms with van der Waals surface area (Å²) in [7, 11) is 0. The summed E-state index contributed by atoms with van der Waals surface area (Å²) in [6, 6.07) is 4.18. The maximum absolute atomic E-state index is 13.1. The average Bonchev–Trinajstić information content (AvgIpc) is 2.63. The Kier molecular flexibility index (Phi) is 3.51. The molecule has 0 N–H and O–H groups in total. The van der Waals surface area contributed by atoms with Crippen molar-refractivity contribution < 1.29 is 9.59 Å². The summed E-state index contributed by atoms with van der Waals surface area (Å²) >= 11 is 0. The molecule has 1 atom stereocenters. The van der Waals surface area contributed by atoms with Crippen LogP contribution in [0.15, 0.2) is 12.1 Å². The maximum atomic E-state index is 13.1. The zero-order chi connectivity index (χ0) is 15.2. The van der Waals surface area contributed by atoms with E-state index in [1.54, 1.807) is 0 Å². The molecule has 3 rings (SSSR count). The Balaban J connectivity index is 2.04. The first kappa shape index (κ1) is 14.5. The highest BCUT2D eigenvalue weighted by molar-refractivity contribution is 6.16. The van der Waals surface area contributed by atoms with Gasteiger partial charge in [-0.15, -0.1) is 0 Å². The number of carbonyl (C=O) groups excluding carboxylic acids is 2. The Morgan fingerprint density at radius 3 is 2.10 bits per heavy atom. The molecule has 2 aliphatic rings. The normalized spacial score (nSPS) is 24.8. The lowest BCUT2D eigenvalue weighted by molar-refractivity contribution is -0.129. The predicted molar refractivity (Wildman–Crippen MR) is 83.5 cm³/mol. The molecule has 0 aromatic heterocycles. The van der Waals surface area contributed by atoms with Gasteiger partial charge in [-0.05, 0) is 50.3 Å². The van der Waals surface area contributed by atoms with Gasteiger partial charge < -0.3 is 0 Å². The summed E-state index contributed by atoms with van der Waals surface area (Å²) in [5, 5.41) is 0. The molecule has 21 heavy (non-hydrogen) atoms. The molecule has 2 aliphatic carbocycles. The van der Waals surface area contributed by atoms with E-state index in [1.807, 2.05) is 13.8 Å². The molecule has 2 heteroatoms. The SMILES string of the molecule is Cc1cc(C)c(C2C(=O)CC3(CCCCC3)C2=O)c(C)c1. The second kappa shape index (κ2) is 5.08. The number of aryl methyl sites for hydroxylation is 3. The molecule has 112 valence electrons. The van der Waals surface area contributed by atoms with Crippen LogP contribution in [-0.4, -0.2) is 11.6 Å². The lowest BCUT2D eigenvalue weighted by Gasteiger charge is -2.31. The van der Waals surface area contributed by atoms with Crippen molar-refractivity contribution in [2.45, 2.75) is 65.2 Å². The Bertz CT molecular complexity index is 583. The van der Waals surface area contributed by atoms with Crippen LogP contribution in [0, 0.1) is 26.2 Å². The predicted octanol–water partition coefficient (Wildman–Crippen LogP) is 4.19. The molecule has 2 saturated carbocycles. The number of ketones is 2. The van der Waals surface area contributed by atoms with Crippen LogP contribution in [0.5, 0.6) is 0 Å². The van der Waals surface area contributed by atoms with Crippen LogP contribution in [0.25, 0.3) is 0 Å². The van der Waals surface area contributed by atoms with Gasteiger partial charge in [-0.25, -0.2) is 0 Å². The van der Waals surface area contributed by atoms with Crippen LogP contribution in [0.3, 0.4) is 0 Å². The third-order valence-electron chi connectivity index (χ3n) is 5.46. The van der Waals surface area contributed by atoms with Crippen LogP contribution < -0.4 is 0 Å². The molecular formula is C19H24O2. The van der Waals surface area contributed by atoms with Gasteiger partial charge >= 0.3 is 0 Å². The molecule has 0 aliphatic heterocycles. The number of hydrogen-bond donors (Lipinski definition) is 0. The minimum Gasteiger partial charge on any atom is -0.298 e. The molecule has 1 spiro atoms. The van der Waals surface area contributed by atoms with Crippen molar-refractivity contribution in [1.82, 2.24) is 0 Å². The molecule has 0 radical (unpaired) electrons. The molecule has 0 saturated heterocycles. The molecule has 0 amide bonds. The molecule has 0 bridgehead atoms. The van der Waals surface area contributed by atoms with Gasteiger partial charge in [0.25, 0.3) is 0 Å². The number of hydrogen-bond acceptors (Lipinski definition) is 2. The zero-order valence-corrected chi connectivity index (χ0v) is 13.3. The third kappa shape index (κ3) is 2.25. The Morgan fingerprint density at radius 1 is 0.952 bits per heavy atom. The summed E-state index contributed by atoms with van der Waals surface area (Å²) < 4.78 is 0. The number of Topliss-reactive ketones (excluding diaryl/α,β-unsaturated/α-hetero) is 2. The largest absolute Gasteiger partial charge is 0.298 e. The van der Waals surface area contributed by atoms with E-state index in [-0.39, 0.29) is 17.0 Å². The number of rotatable bonds is 1. The van der Waals surface area contributed by atoms with Gasteiger partial charge in [-0.3, -0.25) is 9.59 Å². The number of carbonyl (C=O) groups is 2. The highest BCUT2D eigenvalue weighted by Gasteiger charge is 2.53. The van der Waals surface area contributed by atoms with Crippen molar-refractivity contribution >= 4 is 11.6 Å². The van der Waals surface area contributed by atoms with Gasteiger partial charge in [0.1, 0.15) is 11.7 Å². The van der Waals surface area contributed by atoms with E-state index in [4.69, 9.17) is 0 Å². The summed E-state index contributed by atoms with van der Waals surface area (Å²) in [4.78, 5) is 25.7. The van der Waals surface area contributed by atoms with Crippen LogP contribution in [0.1, 0.15) is 66.7 Å². The van der Waals surface area contributed by atoms with E-state index in [9.17, 15) is 9.59 Å². The molecule has 2 nitrogen and oxygen atoms in total. The lowest BCUT2D eigenvalue weighted by Crippen LogP contribution is -2.30. The van der Waals surface area contributed by atoms with E-state index >= 15 is 0 Å². The van der Waals surface area contributed by atoms with Crippen LogP contribution in [-0.2, 0) is 9.59 Å². The first-order chi connectivity index (χ1) is 9.94. The van der Waals surface area contributed by atoms with Gasteiger partial charge in [0.05, 0.1) is 0 Å². The van der Waals surface area contributed by atoms with E-state index in [0.717, 1.165) is 42.4 Å². The molecule has 1 aromatic rings. The Hall–Kier alpha value is -1.44. The highest BCUT2D eigenvalue weighted by atomic mass is 16.2. The number of benzene rings is 1. The Morgan fingerprint density at radius 2 is 1.52 bits per heavy atom. The maximum Gasteiger partial charge on any atom is 0.154 e. The van der Waals surface area contributed by atoms with E-state index in [1.165, 1.54) is 12.0 Å². The summed E-state index contributed by atoms with van der Waals surface area (Å²) in [6.45, 7) is 6.12. The van der Waals surface area contributed by atoms with Crippen LogP contribution in [0.2, 0.25) is 0 Å². The molecule has 2 fully saturated rings. The quantitative estimate of drug-likeness (QED) is 0.725. The van der Waals surface area contributed by atoms with E-state index < -0.39 is 5.92 Å². The Labute approximate surface area is 126 Å². The van der Waals surface area contributed by atoms with Crippen molar-refractivity contribution in [3.8, 4) is 0 Å². The second-order valence-electron chi connectivity index (χ2n) is 7.09. The van der Waals surface area contributed by atoms with Gasteiger partial charge in [-0.2, -0.15) is 0 Å². The van der Waals surface area contributed by atoms with Crippen LogP contribution in [0.4, 0.5) is 0 Å². The fourth-order valence-electron chi connectivity index (χ4n) is 4.57. The van der Waals surface area contributed by atoms with Crippen LogP contribution >= 0.6 is 0 Å². The topological polar surface area (TPSA) is 34.1 Å². The average molecular weight is 284 g/mol. The minimum atomic E-state index is -0.497. The highest BCUT2D eigenvalue weighted by Crippen LogP contribution is 2.50. The molecule has 0 heterocycles. The van der Waals surface area contributed by atoms with E-state index in [0.29, 0.717) is 6.42 Å². The van der Waals surface area contributed by atoms with E-state index in [2.05, 4.69) is 19.1 Å².